The van der Waals surface area contributed by atoms with Crippen LogP contribution in [0.4, 0.5) is 0 Å². The lowest BCUT2D eigenvalue weighted by atomic mass is 10.2. The predicted molar refractivity (Wildman–Crippen MR) is 40.3 cm³/mol. The fourth-order valence-electron chi connectivity index (χ4n) is 1.04. The molecule has 1 rings (SSSR count). The number of ether oxygens (including phenoxy) is 1. The van der Waals surface area contributed by atoms with Crippen LogP contribution in [-0.2, 0) is 4.74 Å². The Kier molecular flexibility index (Phi) is 2.76. The SMILES string of the molecule is [N-]=[N+]=NC1(Cl)C[C@H](O)[C@@H](CO)O1. The molecular weight excluding hydrogens is 186 g/mol. The van der Waals surface area contributed by atoms with Crippen molar-refractivity contribution in [3.05, 3.63) is 10.4 Å². The molecule has 0 radical (unpaired) electrons. The molecule has 0 aromatic rings. The van der Waals surface area contributed by atoms with E-state index in [-0.39, 0.29) is 13.0 Å². The van der Waals surface area contributed by atoms with Crippen LogP contribution in [0.1, 0.15) is 6.42 Å². The Balaban J connectivity index is 2.69. The minimum Gasteiger partial charge on any atom is -0.394 e. The third-order valence-corrected chi connectivity index (χ3v) is 1.92. The molecule has 12 heavy (non-hydrogen) atoms. The van der Waals surface area contributed by atoms with E-state index in [0.29, 0.717) is 0 Å². The molecule has 0 spiro atoms. The van der Waals surface area contributed by atoms with Crippen LogP contribution in [0.2, 0.25) is 0 Å². The summed E-state index contributed by atoms with van der Waals surface area (Å²) in [5, 5.41) is 19.5. The second-order valence-corrected chi connectivity index (χ2v) is 3.08. The number of rotatable bonds is 2. The Hall–Kier alpha value is -0.520. The number of aliphatic hydroxyl groups excluding tert-OH is 2. The second-order valence-electron chi connectivity index (χ2n) is 2.49. The number of hydrogen-bond donors (Lipinski definition) is 2. The first-order valence-corrected chi connectivity index (χ1v) is 3.71. The molecule has 0 aliphatic carbocycles. The van der Waals surface area contributed by atoms with Gasteiger partial charge < -0.3 is 14.9 Å². The normalized spacial score (nSPS) is 40.9. The van der Waals surface area contributed by atoms with Gasteiger partial charge in [0.25, 0.3) is 0 Å². The summed E-state index contributed by atoms with van der Waals surface area (Å²) >= 11 is 5.63. The Morgan fingerprint density at radius 2 is 2.50 bits per heavy atom. The predicted octanol–water partition coefficient (Wildman–Crippen LogP) is 0.331. The summed E-state index contributed by atoms with van der Waals surface area (Å²) in [5.41, 5.74) is 8.09. The Morgan fingerprint density at radius 3 is 2.92 bits per heavy atom. The van der Waals surface area contributed by atoms with E-state index in [1.165, 1.54) is 0 Å². The van der Waals surface area contributed by atoms with Crippen LogP contribution in [0.3, 0.4) is 0 Å². The summed E-state index contributed by atoms with van der Waals surface area (Å²) in [7, 11) is 0. The zero-order valence-electron chi connectivity index (χ0n) is 6.09. The van der Waals surface area contributed by atoms with Gasteiger partial charge in [-0.2, -0.15) is 0 Å². The Labute approximate surface area is 73.3 Å². The van der Waals surface area contributed by atoms with E-state index in [0.717, 1.165) is 0 Å². The quantitative estimate of drug-likeness (QED) is 0.217. The number of azide groups is 1. The minimum absolute atomic E-state index is 0.0101. The van der Waals surface area contributed by atoms with Gasteiger partial charge in [-0.25, -0.2) is 0 Å². The van der Waals surface area contributed by atoms with Crippen LogP contribution in [0.5, 0.6) is 0 Å². The van der Waals surface area contributed by atoms with Crippen LogP contribution in [0, 0.1) is 0 Å². The fourth-order valence-corrected chi connectivity index (χ4v) is 1.34. The highest BCUT2D eigenvalue weighted by molar-refractivity contribution is 6.22. The maximum Gasteiger partial charge on any atom is 0.223 e. The van der Waals surface area contributed by atoms with Gasteiger partial charge in [0.15, 0.2) is 0 Å². The number of halogens is 1. The van der Waals surface area contributed by atoms with Crippen molar-refractivity contribution in [1.29, 1.82) is 0 Å². The van der Waals surface area contributed by atoms with Crippen LogP contribution in [-0.4, -0.2) is 34.2 Å². The van der Waals surface area contributed by atoms with Gasteiger partial charge in [0.1, 0.15) is 6.10 Å². The molecule has 1 aliphatic heterocycles. The molecule has 7 heteroatoms. The molecular formula is C5H8ClN3O3. The van der Waals surface area contributed by atoms with Crippen LogP contribution < -0.4 is 0 Å². The summed E-state index contributed by atoms with van der Waals surface area (Å²) in [6, 6.07) is 0. The molecule has 0 aromatic heterocycles. The number of aliphatic hydroxyl groups is 2. The molecule has 0 aromatic carbocycles. The van der Waals surface area contributed by atoms with E-state index in [9.17, 15) is 5.11 Å². The topological polar surface area (TPSA) is 98.5 Å². The van der Waals surface area contributed by atoms with Crippen LogP contribution in [0.15, 0.2) is 5.11 Å². The molecule has 1 aliphatic rings. The van der Waals surface area contributed by atoms with Gasteiger partial charge in [0, 0.05) is 11.3 Å². The maximum absolute atomic E-state index is 9.20. The van der Waals surface area contributed by atoms with E-state index in [2.05, 4.69) is 10.0 Å². The lowest BCUT2D eigenvalue weighted by Gasteiger charge is -2.13. The van der Waals surface area contributed by atoms with Crippen LogP contribution in [0.25, 0.3) is 10.4 Å². The molecule has 0 saturated carbocycles. The molecule has 2 N–H and O–H groups in total. The summed E-state index contributed by atoms with van der Waals surface area (Å²) < 4.78 is 4.90. The number of nitrogens with zero attached hydrogens (tertiary/aromatic N) is 3. The lowest BCUT2D eigenvalue weighted by Crippen LogP contribution is -2.25. The van der Waals surface area contributed by atoms with Crippen molar-refractivity contribution in [3.63, 3.8) is 0 Å². The molecule has 1 heterocycles. The van der Waals surface area contributed by atoms with Crippen molar-refractivity contribution < 1.29 is 14.9 Å². The lowest BCUT2D eigenvalue weighted by molar-refractivity contribution is -0.0343. The van der Waals surface area contributed by atoms with Gasteiger partial charge in [-0.3, -0.25) is 0 Å². The molecule has 1 saturated heterocycles. The standard InChI is InChI=1S/C5H8ClN3O3/c6-5(8-9-7)1-3(11)4(2-10)12-5/h3-4,10-11H,1-2H2/t3-,4+,5?/m0/s1. The average Bonchev–Trinajstić information content (AvgIpc) is 2.27. The highest BCUT2D eigenvalue weighted by Gasteiger charge is 2.43. The minimum atomic E-state index is -1.54. The van der Waals surface area contributed by atoms with Gasteiger partial charge in [0.2, 0.25) is 5.18 Å². The highest BCUT2D eigenvalue weighted by atomic mass is 35.5. The molecule has 1 unspecified atom stereocenters. The third kappa shape index (κ3) is 1.80. The van der Waals surface area contributed by atoms with Crippen molar-refractivity contribution in [1.82, 2.24) is 0 Å². The van der Waals surface area contributed by atoms with E-state index in [4.69, 9.17) is 27.0 Å². The molecule has 1 fully saturated rings. The van der Waals surface area contributed by atoms with Crippen molar-refractivity contribution in [2.75, 3.05) is 6.61 Å². The zero-order valence-corrected chi connectivity index (χ0v) is 6.85. The Bertz CT molecular complexity index is 220. The summed E-state index contributed by atoms with van der Waals surface area (Å²) in [6.45, 7) is -0.351. The molecule has 0 bridgehead atoms. The van der Waals surface area contributed by atoms with Gasteiger partial charge in [-0.15, -0.1) is 0 Å². The summed E-state index contributed by atoms with van der Waals surface area (Å²) in [6.07, 6.45) is -1.67. The molecule has 0 amide bonds. The largest absolute Gasteiger partial charge is 0.394 e. The molecule has 68 valence electrons. The summed E-state index contributed by atoms with van der Waals surface area (Å²) in [5.74, 6) is 0. The third-order valence-electron chi connectivity index (χ3n) is 1.60. The molecule has 6 nitrogen and oxygen atoms in total. The highest BCUT2D eigenvalue weighted by Crippen LogP contribution is 2.35. The van der Waals surface area contributed by atoms with Gasteiger partial charge in [0.05, 0.1) is 12.7 Å². The first kappa shape index (κ1) is 9.57. The fraction of sp³-hybridized carbons (Fsp3) is 1.00. The van der Waals surface area contributed by atoms with Crippen molar-refractivity contribution in [2.45, 2.75) is 23.8 Å². The van der Waals surface area contributed by atoms with Crippen molar-refractivity contribution in [3.8, 4) is 0 Å². The maximum atomic E-state index is 9.20. The van der Waals surface area contributed by atoms with Gasteiger partial charge in [-0.1, -0.05) is 11.6 Å². The molecule has 3 atom stereocenters. The van der Waals surface area contributed by atoms with E-state index < -0.39 is 17.4 Å². The number of hydrogen-bond acceptors (Lipinski definition) is 4. The van der Waals surface area contributed by atoms with Gasteiger partial charge >= 0.3 is 0 Å². The zero-order chi connectivity index (χ0) is 9.19. The Morgan fingerprint density at radius 1 is 1.83 bits per heavy atom. The van der Waals surface area contributed by atoms with E-state index in [1.807, 2.05) is 0 Å². The number of alkyl halides is 1. The van der Waals surface area contributed by atoms with Crippen molar-refractivity contribution >= 4 is 11.6 Å². The first-order chi connectivity index (χ1) is 5.61. The van der Waals surface area contributed by atoms with E-state index >= 15 is 0 Å². The smallest absolute Gasteiger partial charge is 0.223 e. The van der Waals surface area contributed by atoms with Crippen LogP contribution >= 0.6 is 11.6 Å². The second kappa shape index (κ2) is 3.47. The van der Waals surface area contributed by atoms with Gasteiger partial charge in [-0.05, 0) is 10.6 Å². The first-order valence-electron chi connectivity index (χ1n) is 3.33. The summed E-state index contributed by atoms with van der Waals surface area (Å²) in [4.78, 5) is 2.47. The van der Waals surface area contributed by atoms with E-state index in [1.54, 1.807) is 0 Å². The van der Waals surface area contributed by atoms with Crippen molar-refractivity contribution in [2.24, 2.45) is 5.11 Å². The monoisotopic (exact) mass is 193 g/mol. The average molecular weight is 194 g/mol.